The molecular weight excluding hydrogens is 585 g/mol. The van der Waals surface area contributed by atoms with E-state index in [0.29, 0.717) is 11.1 Å². The van der Waals surface area contributed by atoms with E-state index in [4.69, 9.17) is 0 Å². The van der Waals surface area contributed by atoms with Crippen LogP contribution in [-0.2, 0) is 0 Å². The summed E-state index contributed by atoms with van der Waals surface area (Å²) in [6.45, 7) is 0. The SMILES string of the molecule is N#Cc1ccc2c(c1)c1ccccc1n2-c1c(C#N)cc(-c2ccccc2)cc1-c1cccc(-n2c3ccccc3c3ccccc32)c1. The second-order valence-corrected chi connectivity index (χ2v) is 12.0. The topological polar surface area (TPSA) is 57.4 Å². The number of nitriles is 2. The van der Waals surface area contributed by atoms with Gasteiger partial charge in [0.05, 0.1) is 45.0 Å². The van der Waals surface area contributed by atoms with E-state index >= 15 is 0 Å². The molecule has 0 aliphatic rings. The average Bonchev–Trinajstić information content (AvgIpc) is 3.67. The van der Waals surface area contributed by atoms with E-state index in [1.807, 2.05) is 54.6 Å². The minimum absolute atomic E-state index is 0.570. The lowest BCUT2D eigenvalue weighted by Gasteiger charge is -2.19. The van der Waals surface area contributed by atoms with Gasteiger partial charge in [-0.05, 0) is 77.4 Å². The highest BCUT2D eigenvalue weighted by molar-refractivity contribution is 6.11. The van der Waals surface area contributed by atoms with Gasteiger partial charge in [0.2, 0.25) is 0 Å². The van der Waals surface area contributed by atoms with Gasteiger partial charge in [0.15, 0.2) is 0 Å². The molecule has 0 aliphatic carbocycles. The lowest BCUT2D eigenvalue weighted by Crippen LogP contribution is -2.02. The minimum atomic E-state index is 0.570. The number of aromatic nitrogens is 2. The predicted octanol–water partition coefficient (Wildman–Crippen LogP) is 11.0. The Morgan fingerprint density at radius 3 is 1.65 bits per heavy atom. The van der Waals surface area contributed by atoms with E-state index in [9.17, 15) is 10.5 Å². The molecule has 0 saturated carbocycles. The maximum Gasteiger partial charge on any atom is 0.101 e. The highest BCUT2D eigenvalue weighted by atomic mass is 15.0. The summed E-state index contributed by atoms with van der Waals surface area (Å²) in [5, 5.41) is 25.0. The summed E-state index contributed by atoms with van der Waals surface area (Å²) in [6, 6.07) is 59.0. The number of hydrogen-bond donors (Lipinski definition) is 0. The van der Waals surface area contributed by atoms with Crippen molar-refractivity contribution in [1.29, 1.82) is 10.5 Å². The van der Waals surface area contributed by atoms with E-state index in [0.717, 1.165) is 66.5 Å². The van der Waals surface area contributed by atoms with Gasteiger partial charge in [-0.1, -0.05) is 97.1 Å². The lowest BCUT2D eigenvalue weighted by atomic mass is 9.93. The number of hydrogen-bond acceptors (Lipinski definition) is 2. The number of fused-ring (bicyclic) bond motifs is 6. The van der Waals surface area contributed by atoms with Crippen molar-refractivity contribution in [2.75, 3.05) is 0 Å². The Balaban J connectivity index is 1.38. The molecule has 0 bridgehead atoms. The Hall–Kier alpha value is -6.88. The van der Waals surface area contributed by atoms with E-state index in [2.05, 4.69) is 124 Å². The molecule has 4 heteroatoms. The first kappa shape index (κ1) is 27.4. The molecule has 0 spiro atoms. The molecule has 0 atom stereocenters. The second-order valence-electron chi connectivity index (χ2n) is 12.0. The second kappa shape index (κ2) is 10.9. The standard InChI is InChI=1S/C44H26N4/c45-27-29-21-22-43-39(23-29)37-17-6-9-20-42(37)48(43)44-33(28-46)24-32(30-11-2-1-3-12-30)26-38(44)31-13-10-14-34(25-31)47-40-18-7-4-15-35(40)36-16-5-8-19-41(36)47/h1-26H. The molecule has 7 aromatic carbocycles. The van der Waals surface area contributed by atoms with Gasteiger partial charge in [0.1, 0.15) is 6.07 Å². The molecule has 0 N–H and O–H groups in total. The van der Waals surface area contributed by atoms with Crippen LogP contribution in [0, 0.1) is 22.7 Å². The number of benzene rings is 7. The molecule has 0 saturated heterocycles. The maximum absolute atomic E-state index is 10.8. The fourth-order valence-corrected chi connectivity index (χ4v) is 7.27. The van der Waals surface area contributed by atoms with Crippen LogP contribution in [-0.4, -0.2) is 9.13 Å². The molecule has 9 aromatic rings. The van der Waals surface area contributed by atoms with Gasteiger partial charge >= 0.3 is 0 Å². The molecule has 0 radical (unpaired) electrons. The van der Waals surface area contributed by atoms with E-state index < -0.39 is 0 Å². The first-order valence-electron chi connectivity index (χ1n) is 15.9. The quantitative estimate of drug-likeness (QED) is 0.199. The molecule has 9 rings (SSSR count). The highest BCUT2D eigenvalue weighted by Crippen LogP contribution is 2.41. The molecule has 2 aromatic heterocycles. The summed E-state index contributed by atoms with van der Waals surface area (Å²) >= 11 is 0. The van der Waals surface area contributed by atoms with Crippen LogP contribution in [0.15, 0.2) is 158 Å². The highest BCUT2D eigenvalue weighted by Gasteiger charge is 2.21. The minimum Gasteiger partial charge on any atom is -0.309 e. The molecule has 48 heavy (non-hydrogen) atoms. The fraction of sp³-hybridized carbons (Fsp3) is 0. The summed E-state index contributed by atoms with van der Waals surface area (Å²) in [7, 11) is 0. The average molecular weight is 611 g/mol. The Labute approximate surface area is 277 Å². The summed E-state index contributed by atoms with van der Waals surface area (Å²) in [4.78, 5) is 0. The van der Waals surface area contributed by atoms with Crippen molar-refractivity contribution in [3.63, 3.8) is 0 Å². The number of nitrogens with zero attached hydrogens (tertiary/aromatic N) is 4. The van der Waals surface area contributed by atoms with Crippen molar-refractivity contribution in [3.05, 3.63) is 169 Å². The van der Waals surface area contributed by atoms with Crippen molar-refractivity contribution in [2.24, 2.45) is 0 Å². The Morgan fingerprint density at radius 2 is 0.979 bits per heavy atom. The first-order valence-corrected chi connectivity index (χ1v) is 15.9. The van der Waals surface area contributed by atoms with Crippen molar-refractivity contribution >= 4 is 43.6 Å². The molecule has 0 fully saturated rings. The molecule has 2 heterocycles. The van der Waals surface area contributed by atoms with Gasteiger partial charge in [0, 0.05) is 32.8 Å². The largest absolute Gasteiger partial charge is 0.309 e. The van der Waals surface area contributed by atoms with Gasteiger partial charge in [-0.15, -0.1) is 0 Å². The van der Waals surface area contributed by atoms with Crippen LogP contribution in [0.1, 0.15) is 11.1 Å². The number of para-hydroxylation sites is 3. The zero-order valence-electron chi connectivity index (χ0n) is 25.8. The molecule has 0 amide bonds. The molecule has 4 nitrogen and oxygen atoms in total. The smallest absolute Gasteiger partial charge is 0.101 e. The number of rotatable bonds is 4. The van der Waals surface area contributed by atoms with E-state index in [1.54, 1.807) is 0 Å². The van der Waals surface area contributed by atoms with Gasteiger partial charge in [-0.3, -0.25) is 0 Å². The van der Waals surface area contributed by atoms with Crippen molar-refractivity contribution in [1.82, 2.24) is 9.13 Å². The summed E-state index contributed by atoms with van der Waals surface area (Å²) < 4.78 is 4.52. The van der Waals surface area contributed by atoms with Gasteiger partial charge in [0.25, 0.3) is 0 Å². The lowest BCUT2D eigenvalue weighted by molar-refractivity contribution is 1.16. The van der Waals surface area contributed by atoms with Crippen LogP contribution >= 0.6 is 0 Å². The summed E-state index contributed by atoms with van der Waals surface area (Å²) in [6.07, 6.45) is 0. The molecule has 0 unspecified atom stereocenters. The third kappa shape index (κ3) is 4.14. The van der Waals surface area contributed by atoms with Crippen LogP contribution in [0.3, 0.4) is 0 Å². The fourth-order valence-electron chi connectivity index (χ4n) is 7.27. The van der Waals surface area contributed by atoms with Gasteiger partial charge < -0.3 is 9.13 Å². The van der Waals surface area contributed by atoms with Crippen LogP contribution in [0.2, 0.25) is 0 Å². The Bertz CT molecular complexity index is 2750. The first-order chi connectivity index (χ1) is 23.7. The molecular formula is C44H26N4. The van der Waals surface area contributed by atoms with Crippen molar-refractivity contribution in [3.8, 4) is 45.8 Å². The van der Waals surface area contributed by atoms with Crippen LogP contribution < -0.4 is 0 Å². The summed E-state index contributed by atoms with van der Waals surface area (Å²) in [5.74, 6) is 0. The Morgan fingerprint density at radius 1 is 0.396 bits per heavy atom. The third-order valence-corrected chi connectivity index (χ3v) is 9.36. The van der Waals surface area contributed by atoms with Crippen LogP contribution in [0.5, 0.6) is 0 Å². The van der Waals surface area contributed by atoms with Gasteiger partial charge in [-0.25, -0.2) is 0 Å². The van der Waals surface area contributed by atoms with Crippen LogP contribution in [0.25, 0.3) is 77.2 Å². The Kier molecular flexibility index (Phi) is 6.22. The summed E-state index contributed by atoms with van der Waals surface area (Å²) in [5.41, 5.74) is 11.2. The monoisotopic (exact) mass is 610 g/mol. The van der Waals surface area contributed by atoms with Crippen LogP contribution in [0.4, 0.5) is 0 Å². The van der Waals surface area contributed by atoms with E-state index in [-0.39, 0.29) is 0 Å². The maximum atomic E-state index is 10.8. The zero-order chi connectivity index (χ0) is 32.2. The zero-order valence-corrected chi connectivity index (χ0v) is 25.8. The van der Waals surface area contributed by atoms with E-state index in [1.165, 1.54) is 10.8 Å². The predicted molar refractivity (Wildman–Crippen MR) is 195 cm³/mol. The van der Waals surface area contributed by atoms with Crippen molar-refractivity contribution in [2.45, 2.75) is 0 Å². The normalized spacial score (nSPS) is 11.3. The van der Waals surface area contributed by atoms with Gasteiger partial charge in [-0.2, -0.15) is 10.5 Å². The molecule has 0 aliphatic heterocycles. The third-order valence-electron chi connectivity index (χ3n) is 9.36. The van der Waals surface area contributed by atoms with Crippen molar-refractivity contribution < 1.29 is 0 Å². The molecule has 222 valence electrons.